The molecule has 3 heterocycles. The fraction of sp³-hybridized carbons (Fsp3) is 0.500. The summed E-state index contributed by atoms with van der Waals surface area (Å²) < 4.78 is 5.62. The topological polar surface area (TPSA) is 109 Å². The average molecular weight is 440 g/mol. The molecular weight excluding hydrogens is 410 g/mol. The monoisotopic (exact) mass is 439 g/mol. The van der Waals surface area contributed by atoms with E-state index in [0.29, 0.717) is 31.3 Å². The highest BCUT2D eigenvalue weighted by atomic mass is 16.3. The molecule has 0 aliphatic carbocycles. The maximum absolute atomic E-state index is 13.1. The van der Waals surface area contributed by atoms with Gasteiger partial charge in [0.1, 0.15) is 11.6 Å². The van der Waals surface area contributed by atoms with E-state index in [1.165, 1.54) is 0 Å². The Balaban J connectivity index is 1.44. The number of ketones is 1. The average Bonchev–Trinajstić information content (AvgIpc) is 3.29. The fourth-order valence-electron chi connectivity index (χ4n) is 4.56. The minimum absolute atomic E-state index is 0.00566. The molecule has 0 radical (unpaired) electrons. The number of nitrogens with zero attached hydrogens (tertiary/aromatic N) is 1. The third kappa shape index (κ3) is 4.69. The molecule has 3 amide bonds. The summed E-state index contributed by atoms with van der Waals surface area (Å²) in [7, 11) is 0. The summed E-state index contributed by atoms with van der Waals surface area (Å²) >= 11 is 0. The highest BCUT2D eigenvalue weighted by Gasteiger charge is 2.38. The maximum atomic E-state index is 13.1. The second-order valence-electron chi connectivity index (χ2n) is 9.12. The first kappa shape index (κ1) is 22.0. The summed E-state index contributed by atoms with van der Waals surface area (Å²) in [5.41, 5.74) is 0.599. The SMILES string of the molecule is CC(C)C[C@H](NC(=O)c1cc2ccccc2o1)C(=O)N[C@H]1CC[C@@H]2CCC(=O)N2CC1=O. The van der Waals surface area contributed by atoms with Crippen molar-refractivity contribution in [1.29, 1.82) is 0 Å². The molecule has 170 valence electrons. The zero-order valence-corrected chi connectivity index (χ0v) is 18.4. The standard InChI is InChI=1S/C24H29N3O5/c1-14(2)11-18(26-24(31)21-12-15-5-3-4-6-20(15)32-21)23(30)25-17-9-7-16-8-10-22(29)27(16)13-19(17)28/h3-6,12,14,16-18H,7-11,13H2,1-2H3,(H,25,30)(H,26,31)/t16-,17+,18+/m1/s1. The zero-order valence-electron chi connectivity index (χ0n) is 18.4. The van der Waals surface area contributed by atoms with E-state index in [1.807, 2.05) is 32.0 Å². The number of hydrogen-bond donors (Lipinski definition) is 2. The molecule has 1 aromatic carbocycles. The molecule has 8 heteroatoms. The van der Waals surface area contributed by atoms with E-state index < -0.39 is 23.9 Å². The van der Waals surface area contributed by atoms with E-state index >= 15 is 0 Å². The van der Waals surface area contributed by atoms with Crippen molar-refractivity contribution < 1.29 is 23.6 Å². The summed E-state index contributed by atoms with van der Waals surface area (Å²) in [6, 6.07) is 7.58. The number of Topliss-reactive ketones (excluding diaryl/α,β-unsaturated/α-hetero) is 1. The summed E-state index contributed by atoms with van der Waals surface area (Å²) in [6.07, 6.45) is 2.84. The third-order valence-electron chi connectivity index (χ3n) is 6.25. The number of rotatable bonds is 6. The van der Waals surface area contributed by atoms with Crippen LogP contribution in [0.3, 0.4) is 0 Å². The van der Waals surface area contributed by atoms with Crippen LogP contribution in [-0.4, -0.2) is 53.1 Å². The molecule has 1 aromatic heterocycles. The van der Waals surface area contributed by atoms with Gasteiger partial charge in [-0.1, -0.05) is 32.0 Å². The van der Waals surface area contributed by atoms with Crippen molar-refractivity contribution in [2.45, 2.75) is 64.1 Å². The number of fused-ring (bicyclic) bond motifs is 2. The first-order valence-electron chi connectivity index (χ1n) is 11.2. The number of benzene rings is 1. The molecule has 2 N–H and O–H groups in total. The number of carbonyl (C=O) groups excluding carboxylic acids is 4. The molecular formula is C24H29N3O5. The Kier molecular flexibility index (Phi) is 6.30. The van der Waals surface area contributed by atoms with Gasteiger partial charge in [-0.2, -0.15) is 0 Å². The van der Waals surface area contributed by atoms with Crippen LogP contribution in [0, 0.1) is 5.92 Å². The molecule has 0 bridgehead atoms. The minimum atomic E-state index is -0.798. The van der Waals surface area contributed by atoms with Crippen molar-refractivity contribution in [3.05, 3.63) is 36.1 Å². The minimum Gasteiger partial charge on any atom is -0.451 e. The van der Waals surface area contributed by atoms with Crippen molar-refractivity contribution >= 4 is 34.5 Å². The Morgan fingerprint density at radius 1 is 1.16 bits per heavy atom. The molecule has 3 atom stereocenters. The lowest BCUT2D eigenvalue weighted by molar-refractivity contribution is -0.134. The van der Waals surface area contributed by atoms with Crippen molar-refractivity contribution in [3.8, 4) is 0 Å². The molecule has 4 rings (SSSR count). The smallest absolute Gasteiger partial charge is 0.287 e. The van der Waals surface area contributed by atoms with Gasteiger partial charge < -0.3 is 20.0 Å². The number of amides is 3. The van der Waals surface area contributed by atoms with Crippen molar-refractivity contribution in [2.24, 2.45) is 5.92 Å². The van der Waals surface area contributed by atoms with Gasteiger partial charge in [0.15, 0.2) is 11.5 Å². The first-order valence-corrected chi connectivity index (χ1v) is 11.2. The number of nitrogens with one attached hydrogen (secondary N) is 2. The second-order valence-corrected chi connectivity index (χ2v) is 9.12. The van der Waals surface area contributed by atoms with Crippen molar-refractivity contribution in [1.82, 2.24) is 15.5 Å². The van der Waals surface area contributed by atoms with E-state index in [9.17, 15) is 19.2 Å². The molecule has 2 saturated heterocycles. The lowest BCUT2D eigenvalue weighted by Crippen LogP contribution is -2.52. The van der Waals surface area contributed by atoms with Gasteiger partial charge in [0.05, 0.1) is 12.6 Å². The van der Waals surface area contributed by atoms with Crippen molar-refractivity contribution in [2.75, 3.05) is 6.54 Å². The van der Waals surface area contributed by atoms with Gasteiger partial charge in [-0.25, -0.2) is 0 Å². The van der Waals surface area contributed by atoms with Gasteiger partial charge in [0.2, 0.25) is 11.8 Å². The second kappa shape index (κ2) is 9.14. The number of para-hydroxylation sites is 1. The van der Waals surface area contributed by atoms with E-state index in [4.69, 9.17) is 4.42 Å². The lowest BCUT2D eigenvalue weighted by Gasteiger charge is -2.23. The van der Waals surface area contributed by atoms with Crippen LogP contribution >= 0.6 is 0 Å². The summed E-state index contributed by atoms with van der Waals surface area (Å²) in [5.74, 6) is -0.739. The Hall–Kier alpha value is -3.16. The Bertz CT molecular complexity index is 1010. The third-order valence-corrected chi connectivity index (χ3v) is 6.25. The van der Waals surface area contributed by atoms with Crippen LogP contribution in [0.25, 0.3) is 11.0 Å². The molecule has 0 saturated carbocycles. The Morgan fingerprint density at radius 2 is 1.94 bits per heavy atom. The van der Waals surface area contributed by atoms with Gasteiger partial charge >= 0.3 is 0 Å². The summed E-state index contributed by atoms with van der Waals surface area (Å²) in [6.45, 7) is 3.96. The highest BCUT2D eigenvalue weighted by molar-refractivity contribution is 6.00. The number of carbonyl (C=O) groups is 4. The van der Waals surface area contributed by atoms with E-state index in [1.54, 1.807) is 17.0 Å². The molecule has 8 nitrogen and oxygen atoms in total. The number of hydrogen-bond acceptors (Lipinski definition) is 5. The largest absolute Gasteiger partial charge is 0.451 e. The lowest BCUT2D eigenvalue weighted by atomic mass is 10.0. The van der Waals surface area contributed by atoms with Crippen LogP contribution in [0.2, 0.25) is 0 Å². The molecule has 0 unspecified atom stereocenters. The van der Waals surface area contributed by atoms with E-state index in [-0.39, 0.29) is 36.0 Å². The van der Waals surface area contributed by atoms with Crippen LogP contribution in [0.1, 0.15) is 56.5 Å². The normalized spacial score (nSPS) is 22.0. The first-order chi connectivity index (χ1) is 15.3. The summed E-state index contributed by atoms with van der Waals surface area (Å²) in [5, 5.41) is 6.41. The van der Waals surface area contributed by atoms with Gasteiger partial charge in [0.25, 0.3) is 5.91 Å². The van der Waals surface area contributed by atoms with E-state index in [0.717, 1.165) is 11.8 Å². The Labute approximate surface area is 186 Å². The van der Waals surface area contributed by atoms with E-state index in [2.05, 4.69) is 10.6 Å². The van der Waals surface area contributed by atoms with Crippen LogP contribution in [0.15, 0.2) is 34.7 Å². The summed E-state index contributed by atoms with van der Waals surface area (Å²) in [4.78, 5) is 52.2. The van der Waals surface area contributed by atoms with Crippen molar-refractivity contribution in [3.63, 3.8) is 0 Å². The van der Waals surface area contributed by atoms with Crippen LogP contribution in [0.5, 0.6) is 0 Å². The maximum Gasteiger partial charge on any atom is 0.287 e. The fourth-order valence-corrected chi connectivity index (χ4v) is 4.56. The molecule has 0 spiro atoms. The predicted molar refractivity (Wildman–Crippen MR) is 118 cm³/mol. The molecule has 2 aromatic rings. The van der Waals surface area contributed by atoms with Gasteiger partial charge in [-0.05, 0) is 43.7 Å². The van der Waals surface area contributed by atoms with Crippen LogP contribution in [0.4, 0.5) is 0 Å². The molecule has 2 aliphatic heterocycles. The molecule has 32 heavy (non-hydrogen) atoms. The van der Waals surface area contributed by atoms with Gasteiger partial charge in [0, 0.05) is 17.8 Å². The zero-order chi connectivity index (χ0) is 22.8. The van der Waals surface area contributed by atoms with Crippen LogP contribution in [-0.2, 0) is 14.4 Å². The highest BCUT2D eigenvalue weighted by Crippen LogP contribution is 2.26. The number of furan rings is 1. The quantitative estimate of drug-likeness (QED) is 0.719. The predicted octanol–water partition coefficient (Wildman–Crippen LogP) is 2.42. The Morgan fingerprint density at radius 3 is 2.69 bits per heavy atom. The molecule has 2 aliphatic rings. The van der Waals surface area contributed by atoms with Gasteiger partial charge in [-0.15, -0.1) is 0 Å². The van der Waals surface area contributed by atoms with Crippen LogP contribution < -0.4 is 10.6 Å². The molecule has 2 fully saturated rings. The van der Waals surface area contributed by atoms with Gasteiger partial charge in [-0.3, -0.25) is 19.2 Å².